The number of nitrogens with one attached hydrogen (secondary N) is 2. The van der Waals surface area contributed by atoms with Crippen molar-refractivity contribution in [3.8, 4) is 0 Å². The standard InChI is InChI=1S/C22H23N3O4S2/c1-12(19(26)23-14-7-5-6-13(10-14)22(28)29-2)30-11-17-24-20(27)18-15-8-3-4-9-16(15)31-21(18)25-17/h5-7,10,12H,3-4,8-9,11H2,1-2H3,(H,23,26)(H,24,25,27)/t12-/m1/s1. The van der Waals surface area contributed by atoms with Crippen LogP contribution < -0.4 is 10.9 Å². The lowest BCUT2D eigenvalue weighted by atomic mass is 9.97. The number of ether oxygens (including phenoxy) is 1. The van der Waals surface area contributed by atoms with Crippen LogP contribution >= 0.6 is 23.1 Å². The number of aromatic nitrogens is 2. The van der Waals surface area contributed by atoms with E-state index in [1.165, 1.54) is 29.3 Å². The van der Waals surface area contributed by atoms with E-state index in [1.807, 2.05) is 0 Å². The zero-order chi connectivity index (χ0) is 22.0. The van der Waals surface area contributed by atoms with Gasteiger partial charge in [0.1, 0.15) is 10.7 Å². The molecule has 1 aromatic carbocycles. The van der Waals surface area contributed by atoms with E-state index in [1.54, 1.807) is 42.5 Å². The Morgan fingerprint density at radius 1 is 1.32 bits per heavy atom. The van der Waals surface area contributed by atoms with Crippen molar-refractivity contribution < 1.29 is 14.3 Å². The minimum absolute atomic E-state index is 0.0864. The zero-order valence-corrected chi connectivity index (χ0v) is 19.0. The largest absolute Gasteiger partial charge is 0.465 e. The fraction of sp³-hybridized carbons (Fsp3) is 0.364. The van der Waals surface area contributed by atoms with Gasteiger partial charge >= 0.3 is 5.97 Å². The highest BCUT2D eigenvalue weighted by molar-refractivity contribution is 7.99. The maximum Gasteiger partial charge on any atom is 0.337 e. The molecule has 0 saturated carbocycles. The van der Waals surface area contributed by atoms with Crippen molar-refractivity contribution >= 4 is 50.9 Å². The summed E-state index contributed by atoms with van der Waals surface area (Å²) in [6.45, 7) is 1.80. The predicted octanol–water partition coefficient (Wildman–Crippen LogP) is 3.91. The summed E-state index contributed by atoms with van der Waals surface area (Å²) in [7, 11) is 1.31. The van der Waals surface area contributed by atoms with E-state index in [-0.39, 0.29) is 16.7 Å². The normalized spacial score (nSPS) is 14.1. The first kappa shape index (κ1) is 21.6. The number of thiophene rings is 1. The molecule has 0 saturated heterocycles. The van der Waals surface area contributed by atoms with E-state index < -0.39 is 5.97 Å². The van der Waals surface area contributed by atoms with Gasteiger partial charge in [0.2, 0.25) is 5.91 Å². The quantitative estimate of drug-likeness (QED) is 0.544. The van der Waals surface area contributed by atoms with Crippen LogP contribution in [0, 0.1) is 0 Å². The van der Waals surface area contributed by atoms with Gasteiger partial charge in [-0.2, -0.15) is 0 Å². The van der Waals surface area contributed by atoms with Crippen LogP contribution in [-0.4, -0.2) is 34.2 Å². The van der Waals surface area contributed by atoms with Crippen LogP contribution in [0.4, 0.5) is 5.69 Å². The number of amides is 1. The summed E-state index contributed by atoms with van der Waals surface area (Å²) >= 11 is 3.01. The monoisotopic (exact) mass is 457 g/mol. The summed E-state index contributed by atoms with van der Waals surface area (Å²) in [5, 5.41) is 3.18. The maximum atomic E-state index is 12.6. The second-order valence-electron chi connectivity index (χ2n) is 7.42. The van der Waals surface area contributed by atoms with Gasteiger partial charge in [0.15, 0.2) is 0 Å². The Morgan fingerprint density at radius 3 is 2.94 bits per heavy atom. The molecule has 4 rings (SSSR count). The molecule has 7 nitrogen and oxygen atoms in total. The van der Waals surface area contributed by atoms with Crippen LogP contribution in [0.1, 0.15) is 46.4 Å². The first-order valence-electron chi connectivity index (χ1n) is 10.1. The third-order valence-electron chi connectivity index (χ3n) is 5.26. The van der Waals surface area contributed by atoms with Crippen molar-refractivity contribution in [2.45, 2.75) is 43.6 Å². The van der Waals surface area contributed by atoms with E-state index >= 15 is 0 Å². The number of fused-ring (bicyclic) bond motifs is 3. The van der Waals surface area contributed by atoms with E-state index in [0.717, 1.165) is 35.9 Å². The number of hydrogen-bond acceptors (Lipinski definition) is 7. The fourth-order valence-electron chi connectivity index (χ4n) is 3.64. The van der Waals surface area contributed by atoms with E-state index in [0.29, 0.717) is 22.8 Å². The number of carbonyl (C=O) groups is 2. The lowest BCUT2D eigenvalue weighted by molar-refractivity contribution is -0.115. The van der Waals surface area contributed by atoms with Crippen LogP contribution in [-0.2, 0) is 28.1 Å². The fourth-order valence-corrected chi connectivity index (χ4v) is 5.68. The molecule has 2 aromatic heterocycles. The Bertz CT molecular complexity index is 1200. The Morgan fingerprint density at radius 2 is 2.13 bits per heavy atom. The first-order chi connectivity index (χ1) is 15.0. The van der Waals surface area contributed by atoms with Gasteiger partial charge in [-0.25, -0.2) is 9.78 Å². The number of methoxy groups -OCH3 is 1. The molecule has 0 bridgehead atoms. The Kier molecular flexibility index (Phi) is 6.43. The Balaban J connectivity index is 1.42. The molecule has 0 aliphatic heterocycles. The number of aromatic amines is 1. The number of aryl methyl sites for hydroxylation is 2. The predicted molar refractivity (Wildman–Crippen MR) is 124 cm³/mol. The van der Waals surface area contributed by atoms with Crippen LogP contribution in [0.2, 0.25) is 0 Å². The van der Waals surface area contributed by atoms with E-state index in [9.17, 15) is 14.4 Å². The van der Waals surface area contributed by atoms with E-state index in [4.69, 9.17) is 4.74 Å². The number of benzene rings is 1. The van der Waals surface area contributed by atoms with Gasteiger partial charge in [-0.15, -0.1) is 23.1 Å². The molecule has 31 heavy (non-hydrogen) atoms. The minimum atomic E-state index is -0.459. The second kappa shape index (κ2) is 9.23. The van der Waals surface area contributed by atoms with Crippen LogP contribution in [0.25, 0.3) is 10.2 Å². The highest BCUT2D eigenvalue weighted by Crippen LogP contribution is 2.33. The second-order valence-corrected chi connectivity index (χ2v) is 9.83. The van der Waals surface area contributed by atoms with Crippen molar-refractivity contribution in [3.05, 3.63) is 56.4 Å². The summed E-state index contributed by atoms with van der Waals surface area (Å²) in [4.78, 5) is 46.5. The molecule has 0 spiro atoms. The number of H-pyrrole nitrogens is 1. The Hall–Kier alpha value is -2.65. The minimum Gasteiger partial charge on any atom is -0.465 e. The molecule has 1 aliphatic rings. The van der Waals surface area contributed by atoms with Crippen molar-refractivity contribution in [2.75, 3.05) is 12.4 Å². The summed E-state index contributed by atoms with van der Waals surface area (Å²) in [5.74, 6) is 0.347. The summed E-state index contributed by atoms with van der Waals surface area (Å²) in [5.41, 5.74) is 1.98. The molecule has 1 amide bonds. The molecule has 162 valence electrons. The molecule has 2 heterocycles. The van der Waals surface area contributed by atoms with Crippen LogP contribution in [0.15, 0.2) is 29.1 Å². The SMILES string of the molecule is COC(=O)c1cccc(NC(=O)[C@@H](C)SCc2nc3sc4c(c3c(=O)[nH]2)CCCC4)c1. The number of nitrogens with zero attached hydrogens (tertiary/aromatic N) is 1. The van der Waals surface area contributed by atoms with Crippen molar-refractivity contribution in [2.24, 2.45) is 0 Å². The van der Waals surface area contributed by atoms with Crippen molar-refractivity contribution in [1.29, 1.82) is 0 Å². The van der Waals surface area contributed by atoms with Crippen LogP contribution in [0.3, 0.4) is 0 Å². The van der Waals surface area contributed by atoms with Gasteiger partial charge in [0, 0.05) is 10.6 Å². The first-order valence-corrected chi connectivity index (χ1v) is 12.0. The highest BCUT2D eigenvalue weighted by atomic mass is 32.2. The van der Waals surface area contributed by atoms with Gasteiger partial charge in [-0.1, -0.05) is 6.07 Å². The number of thioether (sulfide) groups is 1. The van der Waals surface area contributed by atoms with Gasteiger partial charge < -0.3 is 15.0 Å². The molecule has 1 aliphatic carbocycles. The summed E-state index contributed by atoms with van der Waals surface area (Å²) in [6.07, 6.45) is 4.25. The highest BCUT2D eigenvalue weighted by Gasteiger charge is 2.20. The molecule has 3 aromatic rings. The number of rotatable bonds is 6. The lowest BCUT2D eigenvalue weighted by Crippen LogP contribution is -2.23. The van der Waals surface area contributed by atoms with Gasteiger partial charge in [0.25, 0.3) is 5.56 Å². The molecule has 1 atom stereocenters. The maximum absolute atomic E-state index is 12.6. The molecule has 0 fully saturated rings. The number of hydrogen-bond donors (Lipinski definition) is 2. The number of carbonyl (C=O) groups excluding carboxylic acids is 2. The lowest BCUT2D eigenvalue weighted by Gasteiger charge is -2.12. The Labute approximate surface area is 187 Å². The molecule has 2 N–H and O–H groups in total. The average Bonchev–Trinajstić information content (AvgIpc) is 3.16. The number of anilines is 1. The third kappa shape index (κ3) is 4.67. The van der Waals surface area contributed by atoms with Gasteiger partial charge in [0.05, 0.1) is 29.1 Å². The van der Waals surface area contributed by atoms with Crippen LogP contribution in [0.5, 0.6) is 0 Å². The smallest absolute Gasteiger partial charge is 0.337 e. The number of esters is 1. The molecule has 0 unspecified atom stereocenters. The average molecular weight is 458 g/mol. The summed E-state index contributed by atoms with van der Waals surface area (Å²) < 4.78 is 4.71. The van der Waals surface area contributed by atoms with Crippen molar-refractivity contribution in [1.82, 2.24) is 9.97 Å². The summed E-state index contributed by atoms with van der Waals surface area (Å²) in [6, 6.07) is 6.60. The topological polar surface area (TPSA) is 101 Å². The van der Waals surface area contributed by atoms with Crippen molar-refractivity contribution in [3.63, 3.8) is 0 Å². The molecule has 9 heteroatoms. The molecular weight excluding hydrogens is 434 g/mol. The molecular formula is C22H23N3O4S2. The van der Waals surface area contributed by atoms with Gasteiger partial charge in [-0.3, -0.25) is 9.59 Å². The van der Waals surface area contributed by atoms with Gasteiger partial charge in [-0.05, 0) is 56.4 Å². The van der Waals surface area contributed by atoms with E-state index in [2.05, 4.69) is 15.3 Å². The zero-order valence-electron chi connectivity index (χ0n) is 17.3. The third-order valence-corrected chi connectivity index (χ3v) is 7.60. The molecule has 0 radical (unpaired) electrons.